The average molecular weight is 334 g/mol. The van der Waals surface area contributed by atoms with E-state index in [-0.39, 0.29) is 30.1 Å². The summed E-state index contributed by atoms with van der Waals surface area (Å²) < 4.78 is 38.7. The summed E-state index contributed by atoms with van der Waals surface area (Å²) in [7, 11) is 0. The molecule has 0 saturated heterocycles. The second kappa shape index (κ2) is 6.28. The van der Waals surface area contributed by atoms with E-state index in [1.54, 1.807) is 0 Å². The molecule has 7 heteroatoms. The molecule has 0 spiro atoms. The van der Waals surface area contributed by atoms with Crippen molar-refractivity contribution in [3.8, 4) is 0 Å². The Labute approximate surface area is 130 Å². The van der Waals surface area contributed by atoms with Crippen LogP contribution in [0.4, 0.5) is 13.2 Å². The summed E-state index contributed by atoms with van der Waals surface area (Å²) in [6.45, 7) is 0. The third-order valence-electron chi connectivity index (χ3n) is 3.84. The highest BCUT2D eigenvalue weighted by atomic mass is 35.5. The molecule has 1 N–H and O–H groups in total. The van der Waals surface area contributed by atoms with E-state index in [1.807, 2.05) is 0 Å². The number of benzene rings is 1. The minimum atomic E-state index is -4.51. The highest BCUT2D eigenvalue weighted by molar-refractivity contribution is 6.27. The van der Waals surface area contributed by atoms with E-state index in [0.29, 0.717) is 12.8 Å². The van der Waals surface area contributed by atoms with Crippen molar-refractivity contribution in [3.05, 3.63) is 35.4 Å². The zero-order valence-electron chi connectivity index (χ0n) is 11.7. The number of carbonyl (C=O) groups is 2. The molecule has 0 bridgehead atoms. The molecule has 3 nitrogen and oxygen atoms in total. The fraction of sp³-hybridized carbons (Fsp3) is 0.467. The zero-order valence-corrected chi connectivity index (χ0v) is 12.4. The first kappa shape index (κ1) is 16.8. The van der Waals surface area contributed by atoms with Gasteiger partial charge in [-0.15, -0.1) is 11.6 Å². The number of amides is 1. The van der Waals surface area contributed by atoms with Gasteiger partial charge in [0.05, 0.1) is 5.56 Å². The Morgan fingerprint density at radius 2 is 2.05 bits per heavy atom. The van der Waals surface area contributed by atoms with Crippen molar-refractivity contribution in [2.75, 3.05) is 5.88 Å². The molecule has 0 aliphatic heterocycles. The van der Waals surface area contributed by atoms with Gasteiger partial charge >= 0.3 is 6.18 Å². The van der Waals surface area contributed by atoms with Crippen LogP contribution in [0.2, 0.25) is 0 Å². The van der Waals surface area contributed by atoms with Gasteiger partial charge in [0, 0.05) is 6.42 Å². The van der Waals surface area contributed by atoms with Crippen LogP contribution in [0.15, 0.2) is 24.3 Å². The van der Waals surface area contributed by atoms with Crippen LogP contribution in [0, 0.1) is 0 Å². The van der Waals surface area contributed by atoms with Crippen LogP contribution in [0.25, 0.3) is 0 Å². The minimum absolute atomic E-state index is 0.158. The van der Waals surface area contributed by atoms with E-state index in [2.05, 4.69) is 5.32 Å². The Bertz CT molecular complexity index is 588. The third-order valence-corrected chi connectivity index (χ3v) is 4.08. The van der Waals surface area contributed by atoms with Crippen molar-refractivity contribution >= 4 is 23.3 Å². The molecule has 22 heavy (non-hydrogen) atoms. The van der Waals surface area contributed by atoms with Crippen molar-refractivity contribution < 1.29 is 22.8 Å². The van der Waals surface area contributed by atoms with Crippen LogP contribution in [0.3, 0.4) is 0 Å². The highest BCUT2D eigenvalue weighted by Crippen LogP contribution is 2.37. The molecule has 1 aliphatic rings. The maximum Gasteiger partial charge on any atom is 0.416 e. The summed E-state index contributed by atoms with van der Waals surface area (Å²) in [6.07, 6.45) is -2.71. The first-order chi connectivity index (χ1) is 10.3. The van der Waals surface area contributed by atoms with E-state index in [1.165, 1.54) is 12.1 Å². The minimum Gasteiger partial charge on any atom is -0.339 e. The van der Waals surface area contributed by atoms with Crippen LogP contribution in [-0.4, -0.2) is 17.6 Å². The molecule has 1 aromatic rings. The molecular weight excluding hydrogens is 319 g/mol. The molecule has 0 radical (unpaired) electrons. The van der Waals surface area contributed by atoms with Gasteiger partial charge in [0.25, 0.3) is 0 Å². The molecular formula is C15H15ClF3NO2. The maximum atomic E-state index is 12.9. The molecule has 0 heterocycles. The number of Topliss-reactive ketones (excluding diaryl/α,β-unsaturated/α-hetero) is 1. The van der Waals surface area contributed by atoms with Crippen molar-refractivity contribution in [3.63, 3.8) is 0 Å². The third kappa shape index (κ3) is 3.27. The van der Waals surface area contributed by atoms with E-state index < -0.39 is 23.2 Å². The van der Waals surface area contributed by atoms with E-state index in [0.717, 1.165) is 12.1 Å². The Morgan fingerprint density at radius 1 is 1.32 bits per heavy atom. The molecule has 1 atom stereocenters. The van der Waals surface area contributed by atoms with Crippen LogP contribution in [0.1, 0.15) is 36.8 Å². The van der Waals surface area contributed by atoms with E-state index in [9.17, 15) is 22.8 Å². The molecule has 1 unspecified atom stereocenters. The van der Waals surface area contributed by atoms with Crippen LogP contribution >= 0.6 is 11.6 Å². The summed E-state index contributed by atoms with van der Waals surface area (Å²) in [5.74, 6) is -1.21. The maximum absolute atomic E-state index is 12.9. The molecule has 2 rings (SSSR count). The first-order valence-electron chi connectivity index (χ1n) is 6.87. The summed E-state index contributed by atoms with van der Waals surface area (Å²) in [4.78, 5) is 24.1. The lowest BCUT2D eigenvalue weighted by Gasteiger charge is -2.37. The number of hydrogen-bond acceptors (Lipinski definition) is 2. The van der Waals surface area contributed by atoms with Gasteiger partial charge < -0.3 is 5.32 Å². The molecule has 1 saturated carbocycles. The van der Waals surface area contributed by atoms with Gasteiger partial charge in [-0.05, 0) is 37.0 Å². The van der Waals surface area contributed by atoms with Gasteiger partial charge in [-0.2, -0.15) is 13.2 Å². The second-order valence-corrected chi connectivity index (χ2v) is 5.56. The van der Waals surface area contributed by atoms with Crippen molar-refractivity contribution in [1.82, 2.24) is 5.32 Å². The van der Waals surface area contributed by atoms with E-state index >= 15 is 0 Å². The smallest absolute Gasteiger partial charge is 0.339 e. The highest BCUT2D eigenvalue weighted by Gasteiger charge is 2.43. The number of ketones is 1. The predicted octanol–water partition coefficient (Wildman–Crippen LogP) is 3.40. The first-order valence-corrected chi connectivity index (χ1v) is 7.41. The zero-order chi connectivity index (χ0) is 16.4. The van der Waals surface area contributed by atoms with Gasteiger partial charge in [0.15, 0.2) is 5.78 Å². The molecule has 1 fully saturated rings. The normalized spacial score (nSPS) is 22.5. The lowest BCUT2D eigenvalue weighted by Crippen LogP contribution is -2.53. The topological polar surface area (TPSA) is 46.2 Å². The SMILES string of the molecule is O=C(CCl)NC1(c2cccc(C(F)(F)F)c2)CCCCC1=O. The summed E-state index contributed by atoms with van der Waals surface area (Å²) in [6, 6.07) is 4.55. The Morgan fingerprint density at radius 3 is 2.64 bits per heavy atom. The van der Waals surface area contributed by atoms with Crippen LogP contribution < -0.4 is 5.32 Å². The number of rotatable bonds is 3. The number of halogens is 4. The van der Waals surface area contributed by atoms with Gasteiger partial charge in [0.2, 0.25) is 5.91 Å². The van der Waals surface area contributed by atoms with Crippen LogP contribution in [0.5, 0.6) is 0 Å². The lowest BCUT2D eigenvalue weighted by atomic mass is 9.75. The van der Waals surface area contributed by atoms with E-state index in [4.69, 9.17) is 11.6 Å². The standard InChI is InChI=1S/C15H15ClF3NO2/c16-9-13(22)20-14(7-2-1-6-12(14)21)10-4-3-5-11(8-10)15(17,18)19/h3-5,8H,1-2,6-7,9H2,(H,20,22). The molecule has 1 aliphatic carbocycles. The van der Waals surface area contributed by atoms with Gasteiger partial charge in [-0.25, -0.2) is 0 Å². The van der Waals surface area contributed by atoms with Crippen molar-refractivity contribution in [2.45, 2.75) is 37.4 Å². The summed E-state index contributed by atoms with van der Waals surface area (Å²) >= 11 is 5.47. The van der Waals surface area contributed by atoms with Gasteiger partial charge in [-0.3, -0.25) is 9.59 Å². The number of alkyl halides is 4. The molecule has 1 amide bonds. The fourth-order valence-corrected chi connectivity index (χ4v) is 2.84. The summed E-state index contributed by atoms with van der Waals surface area (Å²) in [5, 5.41) is 2.54. The second-order valence-electron chi connectivity index (χ2n) is 5.30. The molecule has 0 aromatic heterocycles. The van der Waals surface area contributed by atoms with Gasteiger partial charge in [-0.1, -0.05) is 12.1 Å². The monoisotopic (exact) mass is 333 g/mol. The quantitative estimate of drug-likeness (QED) is 0.862. The molecule has 120 valence electrons. The lowest BCUT2D eigenvalue weighted by molar-refractivity contribution is -0.138. The van der Waals surface area contributed by atoms with Crippen molar-refractivity contribution in [2.24, 2.45) is 0 Å². The number of hydrogen-bond donors (Lipinski definition) is 1. The Kier molecular flexibility index (Phi) is 4.80. The van der Waals surface area contributed by atoms with Gasteiger partial charge in [0.1, 0.15) is 11.4 Å². The number of nitrogens with one attached hydrogen (secondary N) is 1. The Hall–Kier alpha value is -1.56. The molecule has 1 aromatic carbocycles. The largest absolute Gasteiger partial charge is 0.416 e. The van der Waals surface area contributed by atoms with Crippen LogP contribution in [-0.2, 0) is 21.3 Å². The average Bonchev–Trinajstić information content (AvgIpc) is 2.49. The predicted molar refractivity (Wildman–Crippen MR) is 75.5 cm³/mol. The number of carbonyl (C=O) groups excluding carboxylic acids is 2. The Balaban J connectivity index is 2.49. The van der Waals surface area contributed by atoms with Crippen molar-refractivity contribution in [1.29, 1.82) is 0 Å². The fourth-order valence-electron chi connectivity index (χ4n) is 2.77. The summed E-state index contributed by atoms with van der Waals surface area (Å²) in [5.41, 5.74) is -2.10.